The Kier molecular flexibility index (Phi) is 4.06. The number of carbonyl (C=O) groups is 1. The summed E-state index contributed by atoms with van der Waals surface area (Å²) in [6.07, 6.45) is 7.80. The summed E-state index contributed by atoms with van der Waals surface area (Å²) in [6, 6.07) is 6.47. The molecule has 1 saturated carbocycles. The Bertz CT molecular complexity index is 492. The number of anilines is 1. The van der Waals surface area contributed by atoms with Gasteiger partial charge < -0.3 is 10.6 Å². The van der Waals surface area contributed by atoms with Gasteiger partial charge >= 0.3 is 0 Å². The molecule has 3 rings (SSSR count). The molecule has 0 spiro atoms. The number of hydrogen-bond acceptors (Lipinski definition) is 2. The van der Waals surface area contributed by atoms with Crippen molar-refractivity contribution in [1.29, 1.82) is 0 Å². The molecule has 3 heteroatoms. The second-order valence-electron chi connectivity index (χ2n) is 6.08. The predicted octanol–water partition coefficient (Wildman–Crippen LogP) is 2.66. The van der Waals surface area contributed by atoms with Crippen molar-refractivity contribution in [2.24, 2.45) is 11.7 Å². The van der Waals surface area contributed by atoms with Crippen LogP contribution in [0.2, 0.25) is 0 Å². The third-order valence-electron chi connectivity index (χ3n) is 4.69. The van der Waals surface area contributed by atoms with Gasteiger partial charge in [0.25, 0.3) is 0 Å². The van der Waals surface area contributed by atoms with E-state index in [1.807, 2.05) is 4.90 Å². The van der Waals surface area contributed by atoms with Crippen molar-refractivity contribution >= 4 is 11.6 Å². The molecule has 2 aliphatic rings. The van der Waals surface area contributed by atoms with Gasteiger partial charge in [0.15, 0.2) is 0 Å². The fraction of sp³-hybridized carbons (Fsp3) is 0.588. The standard InChI is InChI=1S/C17H24N2O/c18-10-8-13-6-7-16-15(12-13)9-11-19(16)17(20)14-4-2-1-3-5-14/h6-7,12,14H,1-5,8-11,18H2. The van der Waals surface area contributed by atoms with Crippen LogP contribution in [0.5, 0.6) is 0 Å². The van der Waals surface area contributed by atoms with Crippen LogP contribution in [0.3, 0.4) is 0 Å². The van der Waals surface area contributed by atoms with E-state index in [9.17, 15) is 4.79 Å². The molecule has 0 bridgehead atoms. The van der Waals surface area contributed by atoms with E-state index in [4.69, 9.17) is 5.73 Å². The Hall–Kier alpha value is -1.35. The van der Waals surface area contributed by atoms with E-state index in [1.54, 1.807) is 0 Å². The fourth-order valence-electron chi connectivity index (χ4n) is 3.58. The molecule has 1 fully saturated rings. The number of nitrogens with two attached hydrogens (primary N) is 1. The Morgan fingerprint density at radius 3 is 2.80 bits per heavy atom. The maximum absolute atomic E-state index is 12.7. The van der Waals surface area contributed by atoms with Crippen LogP contribution < -0.4 is 10.6 Å². The van der Waals surface area contributed by atoms with Crippen LogP contribution in [0.15, 0.2) is 18.2 Å². The first-order valence-electron chi connectivity index (χ1n) is 7.93. The Balaban J connectivity index is 1.76. The Morgan fingerprint density at radius 1 is 1.25 bits per heavy atom. The van der Waals surface area contributed by atoms with Gasteiger partial charge in [0.1, 0.15) is 0 Å². The van der Waals surface area contributed by atoms with E-state index in [0.717, 1.165) is 37.9 Å². The lowest BCUT2D eigenvalue weighted by Crippen LogP contribution is -2.35. The molecule has 1 aliphatic heterocycles. The van der Waals surface area contributed by atoms with Gasteiger partial charge in [0.2, 0.25) is 5.91 Å². The molecule has 20 heavy (non-hydrogen) atoms. The first kappa shape index (κ1) is 13.6. The average Bonchev–Trinajstić information content (AvgIpc) is 2.91. The van der Waals surface area contributed by atoms with Crippen LogP contribution >= 0.6 is 0 Å². The van der Waals surface area contributed by atoms with E-state index in [1.165, 1.54) is 30.4 Å². The lowest BCUT2D eigenvalue weighted by Gasteiger charge is -2.26. The van der Waals surface area contributed by atoms with Gasteiger partial charge in [-0.05, 0) is 49.4 Å². The quantitative estimate of drug-likeness (QED) is 0.919. The lowest BCUT2D eigenvalue weighted by atomic mass is 9.88. The van der Waals surface area contributed by atoms with Gasteiger partial charge in [-0.2, -0.15) is 0 Å². The van der Waals surface area contributed by atoms with Crippen molar-refractivity contribution in [3.05, 3.63) is 29.3 Å². The van der Waals surface area contributed by atoms with Crippen LogP contribution in [-0.2, 0) is 17.6 Å². The van der Waals surface area contributed by atoms with Crippen molar-refractivity contribution in [1.82, 2.24) is 0 Å². The zero-order valence-electron chi connectivity index (χ0n) is 12.1. The highest BCUT2D eigenvalue weighted by Gasteiger charge is 2.30. The van der Waals surface area contributed by atoms with Gasteiger partial charge in [0.05, 0.1) is 0 Å². The zero-order valence-corrected chi connectivity index (χ0v) is 12.1. The highest BCUT2D eigenvalue weighted by Crippen LogP contribution is 2.33. The van der Waals surface area contributed by atoms with E-state index < -0.39 is 0 Å². The van der Waals surface area contributed by atoms with E-state index >= 15 is 0 Å². The fourth-order valence-corrected chi connectivity index (χ4v) is 3.58. The van der Waals surface area contributed by atoms with Crippen LogP contribution in [0, 0.1) is 5.92 Å². The molecule has 0 aromatic heterocycles. The normalized spacial score (nSPS) is 19.1. The average molecular weight is 272 g/mol. The summed E-state index contributed by atoms with van der Waals surface area (Å²) in [4.78, 5) is 14.7. The Labute approximate surface area is 121 Å². The van der Waals surface area contributed by atoms with Gasteiger partial charge in [-0.25, -0.2) is 0 Å². The molecule has 0 atom stereocenters. The first-order chi connectivity index (χ1) is 9.79. The summed E-state index contributed by atoms with van der Waals surface area (Å²) in [5.41, 5.74) is 9.36. The summed E-state index contributed by atoms with van der Waals surface area (Å²) in [6.45, 7) is 1.54. The predicted molar refractivity (Wildman–Crippen MR) is 81.8 cm³/mol. The van der Waals surface area contributed by atoms with Crippen molar-refractivity contribution < 1.29 is 4.79 Å². The summed E-state index contributed by atoms with van der Waals surface area (Å²) < 4.78 is 0. The van der Waals surface area contributed by atoms with Crippen molar-refractivity contribution in [2.45, 2.75) is 44.9 Å². The van der Waals surface area contributed by atoms with Crippen LogP contribution in [0.4, 0.5) is 5.69 Å². The van der Waals surface area contributed by atoms with Crippen LogP contribution in [-0.4, -0.2) is 19.0 Å². The van der Waals surface area contributed by atoms with Gasteiger partial charge in [-0.1, -0.05) is 31.4 Å². The Morgan fingerprint density at radius 2 is 2.05 bits per heavy atom. The number of benzene rings is 1. The molecule has 1 heterocycles. The molecular formula is C17H24N2O. The number of hydrogen-bond donors (Lipinski definition) is 1. The minimum Gasteiger partial charge on any atom is -0.330 e. The van der Waals surface area contributed by atoms with Crippen molar-refractivity contribution in [3.8, 4) is 0 Å². The summed E-state index contributed by atoms with van der Waals surface area (Å²) in [7, 11) is 0. The molecule has 1 aromatic rings. The summed E-state index contributed by atoms with van der Waals surface area (Å²) in [5.74, 6) is 0.619. The molecule has 1 aromatic carbocycles. The van der Waals surface area contributed by atoms with Crippen LogP contribution in [0.1, 0.15) is 43.2 Å². The molecule has 108 valence electrons. The van der Waals surface area contributed by atoms with Gasteiger partial charge in [0, 0.05) is 18.2 Å². The van der Waals surface area contributed by atoms with Gasteiger partial charge in [-0.3, -0.25) is 4.79 Å². The third kappa shape index (κ3) is 2.59. The third-order valence-corrected chi connectivity index (χ3v) is 4.69. The maximum Gasteiger partial charge on any atom is 0.230 e. The lowest BCUT2D eigenvalue weighted by molar-refractivity contribution is -0.123. The summed E-state index contributed by atoms with van der Waals surface area (Å²) in [5, 5.41) is 0. The van der Waals surface area contributed by atoms with E-state index in [0.29, 0.717) is 12.5 Å². The minimum atomic E-state index is 0.262. The van der Waals surface area contributed by atoms with E-state index in [2.05, 4.69) is 18.2 Å². The number of amides is 1. The summed E-state index contributed by atoms with van der Waals surface area (Å²) >= 11 is 0. The smallest absolute Gasteiger partial charge is 0.230 e. The molecule has 0 radical (unpaired) electrons. The second-order valence-corrected chi connectivity index (χ2v) is 6.08. The van der Waals surface area contributed by atoms with E-state index in [-0.39, 0.29) is 5.92 Å². The molecular weight excluding hydrogens is 248 g/mol. The molecule has 3 nitrogen and oxygen atoms in total. The SMILES string of the molecule is NCCc1ccc2c(c1)CCN2C(=O)C1CCCCC1. The number of carbonyl (C=O) groups excluding carboxylic acids is 1. The first-order valence-corrected chi connectivity index (χ1v) is 7.93. The largest absolute Gasteiger partial charge is 0.330 e. The maximum atomic E-state index is 12.7. The van der Waals surface area contributed by atoms with Crippen molar-refractivity contribution in [3.63, 3.8) is 0 Å². The van der Waals surface area contributed by atoms with Gasteiger partial charge in [-0.15, -0.1) is 0 Å². The second kappa shape index (κ2) is 5.96. The minimum absolute atomic E-state index is 0.262. The molecule has 0 unspecified atom stereocenters. The number of fused-ring (bicyclic) bond motifs is 1. The number of nitrogens with zero attached hydrogens (tertiary/aromatic N) is 1. The molecule has 0 saturated heterocycles. The number of rotatable bonds is 3. The highest BCUT2D eigenvalue weighted by atomic mass is 16.2. The van der Waals surface area contributed by atoms with Crippen molar-refractivity contribution in [2.75, 3.05) is 18.0 Å². The monoisotopic (exact) mass is 272 g/mol. The molecule has 1 amide bonds. The topological polar surface area (TPSA) is 46.3 Å². The molecule has 1 aliphatic carbocycles. The highest BCUT2D eigenvalue weighted by molar-refractivity contribution is 5.97. The molecule has 2 N–H and O–H groups in total. The van der Waals surface area contributed by atoms with Crippen LogP contribution in [0.25, 0.3) is 0 Å². The zero-order chi connectivity index (χ0) is 13.9.